The maximum atomic E-state index is 12.0. The number of ether oxygens (including phenoxy) is 2. The minimum atomic E-state index is -1.28. The first-order chi connectivity index (χ1) is 10.4. The van der Waals surface area contributed by atoms with E-state index in [0.29, 0.717) is 21.8 Å². The van der Waals surface area contributed by atoms with Gasteiger partial charge in [0.05, 0.1) is 30.1 Å². The van der Waals surface area contributed by atoms with Gasteiger partial charge in [-0.2, -0.15) is 0 Å². The van der Waals surface area contributed by atoms with Gasteiger partial charge < -0.3 is 9.47 Å². The van der Waals surface area contributed by atoms with Gasteiger partial charge in [-0.1, -0.05) is 80.1 Å². The van der Waals surface area contributed by atoms with E-state index in [-0.39, 0.29) is 0 Å². The molecule has 0 atom stereocenters. The second-order valence-electron chi connectivity index (χ2n) is 10.1. The molecule has 0 heterocycles. The van der Waals surface area contributed by atoms with Gasteiger partial charge in [0.1, 0.15) is 0 Å². The van der Waals surface area contributed by atoms with E-state index in [4.69, 9.17) is 9.47 Å². The summed E-state index contributed by atoms with van der Waals surface area (Å²) in [5, 5.41) is 0. The molecule has 0 saturated carbocycles. The summed E-state index contributed by atoms with van der Waals surface area (Å²) in [5.41, 5.74) is 0. The first-order valence-electron chi connectivity index (χ1n) is 8.90. The molecule has 0 unspecified atom stereocenters. The molecule has 0 aromatic carbocycles. The lowest BCUT2D eigenvalue weighted by molar-refractivity contribution is 0.0785. The molecule has 0 aliphatic rings. The zero-order valence-electron chi connectivity index (χ0n) is 18.1. The van der Waals surface area contributed by atoms with E-state index in [1.807, 2.05) is 0 Å². The molecule has 0 aliphatic carbocycles. The predicted molar refractivity (Wildman–Crippen MR) is 115 cm³/mol. The zero-order chi connectivity index (χ0) is 19.6. The van der Waals surface area contributed by atoms with Crippen LogP contribution in [0.3, 0.4) is 0 Å². The smallest absolute Gasteiger partial charge is 0.438 e. The third-order valence-corrected chi connectivity index (χ3v) is 26.7. The second-order valence-corrected chi connectivity index (χ2v) is 28.8. The molecule has 7 heteroatoms. The van der Waals surface area contributed by atoms with Gasteiger partial charge in [0.25, 0.3) is 0 Å². The molecule has 3 nitrogen and oxygen atoms in total. The third-order valence-electron chi connectivity index (χ3n) is 6.70. The van der Waals surface area contributed by atoms with Crippen molar-refractivity contribution in [3.05, 3.63) is 0 Å². The Morgan fingerprint density at radius 3 is 1.21 bits per heavy atom. The van der Waals surface area contributed by atoms with Crippen LogP contribution >= 0.6 is 0 Å². The van der Waals surface area contributed by atoms with Crippen molar-refractivity contribution < 1.29 is 14.3 Å². The highest BCUT2D eigenvalue weighted by molar-refractivity contribution is 6.92. The SMILES string of the molecule is C[Si](COC(=O)OC[Si](C)C(C)(C)[Si](C)(C)C)C(C)(C)[Si](C)(C)C. The van der Waals surface area contributed by atoms with Crippen LogP contribution in [0, 0.1) is 0 Å². The van der Waals surface area contributed by atoms with Crippen LogP contribution in [0.1, 0.15) is 27.7 Å². The number of carbonyl (C=O) groups excluding carboxylic acids is 1. The fraction of sp³-hybridized carbons (Fsp3) is 0.941. The third kappa shape index (κ3) is 6.14. The number of rotatable bonds is 8. The van der Waals surface area contributed by atoms with Gasteiger partial charge in [-0.3, -0.25) is 0 Å². The maximum absolute atomic E-state index is 12.0. The molecular weight excluding hydrogens is 365 g/mol. The first kappa shape index (κ1) is 24.1. The van der Waals surface area contributed by atoms with Crippen molar-refractivity contribution in [2.75, 3.05) is 12.5 Å². The van der Waals surface area contributed by atoms with E-state index < -0.39 is 39.9 Å². The molecule has 24 heavy (non-hydrogen) atoms. The summed E-state index contributed by atoms with van der Waals surface area (Å²) in [6.07, 6.45) is 0.620. The van der Waals surface area contributed by atoms with E-state index >= 15 is 0 Å². The topological polar surface area (TPSA) is 35.5 Å². The number of hydrogen-bond acceptors (Lipinski definition) is 3. The average molecular weight is 405 g/mol. The summed E-state index contributed by atoms with van der Waals surface area (Å²) in [7, 11) is -4.07. The minimum Gasteiger partial charge on any atom is -0.438 e. The van der Waals surface area contributed by atoms with Gasteiger partial charge in [0.15, 0.2) is 0 Å². The van der Waals surface area contributed by atoms with Crippen molar-refractivity contribution in [2.45, 2.75) is 89.4 Å². The highest BCUT2D eigenvalue weighted by atomic mass is 28.4. The fourth-order valence-electron chi connectivity index (χ4n) is 2.02. The lowest BCUT2D eigenvalue weighted by Crippen LogP contribution is -2.48. The second kappa shape index (κ2) is 8.22. The van der Waals surface area contributed by atoms with Crippen LogP contribution < -0.4 is 0 Å². The molecule has 0 aliphatic heterocycles. The molecule has 0 aromatic heterocycles. The first-order valence-corrected chi connectivity index (χ1v) is 20.3. The van der Waals surface area contributed by atoms with E-state index in [9.17, 15) is 4.79 Å². The van der Waals surface area contributed by atoms with Crippen LogP contribution in [0.25, 0.3) is 0 Å². The molecule has 0 saturated heterocycles. The molecule has 0 rings (SSSR count). The van der Waals surface area contributed by atoms with Crippen molar-refractivity contribution in [3.8, 4) is 0 Å². The van der Waals surface area contributed by atoms with Crippen LogP contribution in [0.15, 0.2) is 0 Å². The van der Waals surface area contributed by atoms with E-state index in [2.05, 4.69) is 80.1 Å². The molecule has 0 bridgehead atoms. The zero-order valence-corrected chi connectivity index (χ0v) is 22.1. The predicted octanol–water partition coefficient (Wildman–Crippen LogP) is 5.78. The summed E-state index contributed by atoms with van der Waals surface area (Å²) >= 11 is 0. The van der Waals surface area contributed by atoms with Gasteiger partial charge in [-0.15, -0.1) is 0 Å². The minimum absolute atomic E-state index is 0.317. The Hall–Kier alpha value is 0.138. The Morgan fingerprint density at radius 2 is 1.00 bits per heavy atom. The Bertz CT molecular complexity index is 385. The van der Waals surface area contributed by atoms with Crippen LogP contribution in [0.4, 0.5) is 4.79 Å². The quantitative estimate of drug-likeness (QED) is 0.380. The van der Waals surface area contributed by atoms with Crippen LogP contribution in [-0.2, 0) is 9.47 Å². The Morgan fingerprint density at radius 1 is 0.750 bits per heavy atom. The van der Waals surface area contributed by atoms with Gasteiger partial charge in [-0.05, 0) is 9.32 Å². The molecule has 0 aromatic rings. The van der Waals surface area contributed by atoms with Crippen LogP contribution in [-0.4, -0.2) is 52.4 Å². The Labute approximate surface area is 156 Å². The summed E-state index contributed by atoms with van der Waals surface area (Å²) < 4.78 is 11.6. The molecule has 2 radical (unpaired) electrons. The van der Waals surface area contributed by atoms with Gasteiger partial charge >= 0.3 is 6.16 Å². The van der Waals surface area contributed by atoms with E-state index in [1.54, 1.807) is 0 Å². The lowest BCUT2D eigenvalue weighted by Gasteiger charge is -2.41. The summed E-state index contributed by atoms with van der Waals surface area (Å²) in [6.45, 7) is 28.3. The van der Waals surface area contributed by atoms with Gasteiger partial charge in [0, 0.05) is 16.1 Å². The molecular formula is C17H40O3Si4. The summed E-state index contributed by atoms with van der Waals surface area (Å²) in [6, 6.07) is 0. The van der Waals surface area contributed by atoms with Crippen LogP contribution in [0.5, 0.6) is 0 Å². The Kier molecular flexibility index (Phi) is 8.27. The molecule has 0 amide bonds. The normalized spacial score (nSPS) is 14.2. The average Bonchev–Trinajstić information content (AvgIpc) is 2.39. The van der Waals surface area contributed by atoms with Crippen molar-refractivity contribution in [3.63, 3.8) is 0 Å². The van der Waals surface area contributed by atoms with Gasteiger partial charge in [-0.25, -0.2) is 4.79 Å². The standard InChI is InChI=1S/C17H40O3Si4/c1-16(2,23(7,8)9)21(5)13-19-15(18)20-14-22(6)17(3,4)24(10,11)12/h13-14H2,1-12H3. The monoisotopic (exact) mass is 404 g/mol. The van der Waals surface area contributed by atoms with Crippen molar-refractivity contribution in [1.82, 2.24) is 0 Å². The molecule has 0 fully saturated rings. The summed E-state index contributed by atoms with van der Waals surface area (Å²) in [4.78, 5) is 12.0. The maximum Gasteiger partial charge on any atom is 0.507 e. The highest BCUT2D eigenvalue weighted by Gasteiger charge is 2.42. The molecule has 0 spiro atoms. The molecule has 0 N–H and O–H groups in total. The van der Waals surface area contributed by atoms with E-state index in [1.165, 1.54) is 0 Å². The van der Waals surface area contributed by atoms with Crippen molar-refractivity contribution >= 4 is 39.9 Å². The fourth-order valence-corrected chi connectivity index (χ4v) is 14.1. The highest BCUT2D eigenvalue weighted by Crippen LogP contribution is 2.40. The van der Waals surface area contributed by atoms with Gasteiger partial charge in [0.2, 0.25) is 0 Å². The number of carbonyl (C=O) groups is 1. The summed E-state index contributed by atoms with van der Waals surface area (Å²) in [5.74, 6) is 0. The number of hydrogen-bond donors (Lipinski definition) is 0. The van der Waals surface area contributed by atoms with Crippen LogP contribution in [0.2, 0.25) is 61.7 Å². The largest absolute Gasteiger partial charge is 0.507 e. The van der Waals surface area contributed by atoms with Crippen molar-refractivity contribution in [2.24, 2.45) is 0 Å². The lowest BCUT2D eigenvalue weighted by atomic mass is 10.5. The Balaban J connectivity index is 4.49. The van der Waals surface area contributed by atoms with Crippen molar-refractivity contribution in [1.29, 1.82) is 0 Å². The van der Waals surface area contributed by atoms with E-state index in [0.717, 1.165) is 0 Å². The molecule has 142 valence electrons.